The first-order chi connectivity index (χ1) is 18.4. The smallest absolute Gasteiger partial charge is 0.258 e. The highest BCUT2D eigenvalue weighted by molar-refractivity contribution is 5.97. The highest BCUT2D eigenvalue weighted by atomic mass is 19.1. The fourth-order valence-electron chi connectivity index (χ4n) is 5.80. The van der Waals surface area contributed by atoms with Gasteiger partial charge in [0.1, 0.15) is 17.5 Å². The largest absolute Gasteiger partial charge is 0.490 e. The SMILES string of the molecule is CN1CCCCOc2c(F)cc(F)cc2C(=O)N2CCCCC2c2cc3nc(N4CCC(N)C4)cc1n3n2. The lowest BCUT2D eigenvalue weighted by Gasteiger charge is -2.35. The molecule has 1 amide bonds. The zero-order valence-electron chi connectivity index (χ0n) is 21.6. The van der Waals surface area contributed by atoms with Crippen LogP contribution in [-0.4, -0.2) is 71.3 Å². The van der Waals surface area contributed by atoms with Gasteiger partial charge in [0.25, 0.3) is 5.91 Å². The molecule has 2 bridgehead atoms. The van der Waals surface area contributed by atoms with E-state index in [-0.39, 0.29) is 30.0 Å². The molecule has 1 aromatic carbocycles. The Labute approximate surface area is 220 Å². The molecule has 0 saturated carbocycles. The molecule has 0 aliphatic carbocycles. The average molecular weight is 526 g/mol. The molecule has 202 valence electrons. The van der Waals surface area contributed by atoms with Crippen molar-refractivity contribution in [1.82, 2.24) is 19.5 Å². The lowest BCUT2D eigenvalue weighted by molar-refractivity contribution is 0.0599. The molecule has 2 atom stereocenters. The van der Waals surface area contributed by atoms with Gasteiger partial charge in [-0.1, -0.05) is 0 Å². The van der Waals surface area contributed by atoms with Crippen LogP contribution < -0.4 is 20.3 Å². The van der Waals surface area contributed by atoms with Crippen LogP contribution in [0, 0.1) is 11.6 Å². The second-order valence-electron chi connectivity index (χ2n) is 10.6. The highest BCUT2D eigenvalue weighted by Gasteiger charge is 2.34. The molecule has 2 aromatic heterocycles. The Morgan fingerprint density at radius 1 is 1.03 bits per heavy atom. The van der Waals surface area contributed by atoms with Crippen molar-refractivity contribution in [3.05, 3.63) is 47.2 Å². The number of halogens is 2. The summed E-state index contributed by atoms with van der Waals surface area (Å²) in [6, 6.07) is 5.61. The lowest BCUT2D eigenvalue weighted by Crippen LogP contribution is -2.39. The highest BCUT2D eigenvalue weighted by Crippen LogP contribution is 2.36. The molecule has 2 fully saturated rings. The second kappa shape index (κ2) is 10.0. The minimum absolute atomic E-state index is 0.0865. The number of hydrogen-bond donors (Lipinski definition) is 1. The number of ether oxygens (including phenoxy) is 1. The van der Waals surface area contributed by atoms with Crippen molar-refractivity contribution in [2.24, 2.45) is 5.73 Å². The van der Waals surface area contributed by atoms with Crippen molar-refractivity contribution in [3.8, 4) is 5.75 Å². The predicted molar refractivity (Wildman–Crippen MR) is 140 cm³/mol. The molecule has 6 rings (SSSR count). The van der Waals surface area contributed by atoms with Gasteiger partial charge in [-0.05, 0) is 44.6 Å². The number of fused-ring (bicyclic) bond motifs is 4. The third kappa shape index (κ3) is 4.53. The van der Waals surface area contributed by atoms with E-state index >= 15 is 0 Å². The zero-order valence-corrected chi connectivity index (χ0v) is 21.6. The molecule has 0 spiro atoms. The molecule has 0 radical (unpaired) electrons. The van der Waals surface area contributed by atoms with Gasteiger partial charge in [0.15, 0.2) is 17.2 Å². The van der Waals surface area contributed by atoms with Crippen LogP contribution in [-0.2, 0) is 0 Å². The Morgan fingerprint density at radius 3 is 2.68 bits per heavy atom. The fraction of sp³-hybridized carbons (Fsp3) is 0.519. The van der Waals surface area contributed by atoms with Crippen LogP contribution in [0.4, 0.5) is 20.4 Å². The number of nitrogens with two attached hydrogens (primary N) is 1. The minimum atomic E-state index is -0.863. The van der Waals surface area contributed by atoms with Crippen LogP contribution in [0.5, 0.6) is 5.75 Å². The van der Waals surface area contributed by atoms with Gasteiger partial charge in [0.2, 0.25) is 0 Å². The van der Waals surface area contributed by atoms with E-state index in [4.69, 9.17) is 20.6 Å². The van der Waals surface area contributed by atoms with Gasteiger partial charge in [-0.3, -0.25) is 4.79 Å². The first-order valence-electron chi connectivity index (χ1n) is 13.4. The average Bonchev–Trinajstić information content (AvgIpc) is 3.54. The molecule has 2 unspecified atom stereocenters. The van der Waals surface area contributed by atoms with E-state index in [2.05, 4.69) is 9.80 Å². The molecule has 38 heavy (non-hydrogen) atoms. The summed E-state index contributed by atoms with van der Waals surface area (Å²) < 4.78 is 36.7. The number of amides is 1. The summed E-state index contributed by atoms with van der Waals surface area (Å²) in [5.41, 5.74) is 7.50. The van der Waals surface area contributed by atoms with Crippen molar-refractivity contribution in [3.63, 3.8) is 0 Å². The van der Waals surface area contributed by atoms with Gasteiger partial charge >= 0.3 is 0 Å². The summed E-state index contributed by atoms with van der Waals surface area (Å²) in [6.07, 6.45) is 4.73. The quantitative estimate of drug-likeness (QED) is 0.520. The van der Waals surface area contributed by atoms with E-state index < -0.39 is 17.5 Å². The molecule has 3 aliphatic rings. The van der Waals surface area contributed by atoms with E-state index in [0.29, 0.717) is 37.3 Å². The number of aromatic nitrogens is 3. The van der Waals surface area contributed by atoms with E-state index in [1.165, 1.54) is 0 Å². The van der Waals surface area contributed by atoms with Crippen molar-refractivity contribution < 1.29 is 18.3 Å². The molecule has 2 N–H and O–H groups in total. The standard InChI is InChI=1S/C27H33F2N7O2/c1-33-8-4-5-11-38-26-19(12-17(28)13-20(26)29)27(37)35-9-3-2-6-22(35)21-14-24-31-23(15-25(33)36(24)32-21)34-10-7-18(30)16-34/h12-15,18,22H,2-11,16,30H2,1H3. The van der Waals surface area contributed by atoms with E-state index in [1.807, 2.05) is 23.7 Å². The lowest BCUT2D eigenvalue weighted by atomic mass is 9.98. The molecule has 2 saturated heterocycles. The van der Waals surface area contributed by atoms with Crippen LogP contribution in [0.1, 0.15) is 60.6 Å². The summed E-state index contributed by atoms with van der Waals surface area (Å²) in [4.78, 5) is 24.7. The van der Waals surface area contributed by atoms with Crippen LogP contribution in [0.2, 0.25) is 0 Å². The summed E-state index contributed by atoms with van der Waals surface area (Å²) in [5, 5.41) is 4.94. The Bertz CT molecular complexity index is 1360. The first-order valence-corrected chi connectivity index (χ1v) is 13.4. The molecule has 11 heteroatoms. The Hall–Kier alpha value is -3.47. The maximum Gasteiger partial charge on any atom is 0.258 e. The number of carbonyl (C=O) groups is 1. The van der Waals surface area contributed by atoms with Gasteiger partial charge in [-0.2, -0.15) is 9.61 Å². The number of anilines is 2. The van der Waals surface area contributed by atoms with E-state index in [1.54, 1.807) is 4.90 Å². The monoisotopic (exact) mass is 525 g/mol. The number of piperidine rings is 1. The van der Waals surface area contributed by atoms with E-state index in [9.17, 15) is 13.6 Å². The van der Waals surface area contributed by atoms with Crippen LogP contribution in [0.25, 0.3) is 5.65 Å². The number of nitrogens with zero attached hydrogens (tertiary/aromatic N) is 6. The van der Waals surface area contributed by atoms with Gasteiger partial charge in [0.05, 0.1) is 23.9 Å². The Morgan fingerprint density at radius 2 is 1.87 bits per heavy atom. The van der Waals surface area contributed by atoms with Crippen molar-refractivity contribution >= 4 is 23.2 Å². The third-order valence-electron chi connectivity index (χ3n) is 7.83. The molecule has 9 nitrogen and oxygen atoms in total. The van der Waals surface area contributed by atoms with Crippen molar-refractivity contribution in [2.45, 2.75) is 50.6 Å². The molecular formula is C27H33F2N7O2. The molecule has 5 heterocycles. The minimum Gasteiger partial charge on any atom is -0.490 e. The Kier molecular flexibility index (Phi) is 6.55. The first kappa shape index (κ1) is 24.8. The van der Waals surface area contributed by atoms with Crippen LogP contribution >= 0.6 is 0 Å². The van der Waals surface area contributed by atoms with Crippen molar-refractivity contribution in [1.29, 1.82) is 0 Å². The van der Waals surface area contributed by atoms with Gasteiger partial charge < -0.3 is 25.2 Å². The maximum atomic E-state index is 14.8. The summed E-state index contributed by atoms with van der Waals surface area (Å²) >= 11 is 0. The topological polar surface area (TPSA) is 92.2 Å². The number of rotatable bonds is 1. The normalized spacial score (nSPS) is 22.7. The second-order valence-corrected chi connectivity index (χ2v) is 10.6. The number of hydrogen-bond acceptors (Lipinski definition) is 7. The van der Waals surface area contributed by atoms with Crippen molar-refractivity contribution in [2.75, 3.05) is 49.6 Å². The number of benzene rings is 1. The van der Waals surface area contributed by atoms with E-state index in [0.717, 1.165) is 62.5 Å². The fourth-order valence-corrected chi connectivity index (χ4v) is 5.80. The third-order valence-corrected chi connectivity index (χ3v) is 7.83. The predicted octanol–water partition coefficient (Wildman–Crippen LogP) is 3.52. The summed E-state index contributed by atoms with van der Waals surface area (Å²) in [6.45, 7) is 3.00. The molecular weight excluding hydrogens is 492 g/mol. The van der Waals surface area contributed by atoms with Gasteiger partial charge in [-0.25, -0.2) is 13.8 Å². The maximum absolute atomic E-state index is 14.8. The van der Waals surface area contributed by atoms with Gasteiger partial charge in [-0.15, -0.1) is 0 Å². The summed E-state index contributed by atoms with van der Waals surface area (Å²) in [5.74, 6) is -0.542. The van der Waals surface area contributed by atoms with Gasteiger partial charge in [0, 0.05) is 57.5 Å². The Balaban J connectivity index is 1.47. The van der Waals surface area contributed by atoms with Crippen LogP contribution in [0.3, 0.4) is 0 Å². The molecule has 3 aromatic rings. The number of carbonyl (C=O) groups excluding carboxylic acids is 1. The zero-order chi connectivity index (χ0) is 26.4. The van der Waals surface area contributed by atoms with Crippen LogP contribution in [0.15, 0.2) is 24.3 Å². The summed E-state index contributed by atoms with van der Waals surface area (Å²) in [7, 11) is 2.02. The molecule has 3 aliphatic heterocycles.